The van der Waals surface area contributed by atoms with E-state index in [1.165, 1.54) is 24.8 Å². The molecule has 0 spiro atoms. The summed E-state index contributed by atoms with van der Waals surface area (Å²) in [6.45, 7) is 0. The quantitative estimate of drug-likeness (QED) is 0.834. The third-order valence-electron chi connectivity index (χ3n) is 2.97. The summed E-state index contributed by atoms with van der Waals surface area (Å²) < 4.78 is 0. The van der Waals surface area contributed by atoms with Gasteiger partial charge in [0.15, 0.2) is 0 Å². The second kappa shape index (κ2) is 4.95. The van der Waals surface area contributed by atoms with Crippen LogP contribution in [0.4, 0.5) is 5.82 Å². The first-order valence-electron chi connectivity index (χ1n) is 5.64. The van der Waals surface area contributed by atoms with Gasteiger partial charge in [0.2, 0.25) is 5.91 Å². The third kappa shape index (κ3) is 3.03. The van der Waals surface area contributed by atoms with E-state index in [9.17, 15) is 9.59 Å². The lowest BCUT2D eigenvalue weighted by Crippen LogP contribution is -2.21. The van der Waals surface area contributed by atoms with E-state index in [2.05, 4.69) is 10.3 Å². The van der Waals surface area contributed by atoms with E-state index in [1.807, 2.05) is 0 Å². The van der Waals surface area contributed by atoms with Crippen LogP contribution in [-0.2, 0) is 4.79 Å². The van der Waals surface area contributed by atoms with E-state index in [1.54, 1.807) is 0 Å². The number of rotatable bonds is 4. The predicted molar refractivity (Wildman–Crippen MR) is 61.8 cm³/mol. The summed E-state index contributed by atoms with van der Waals surface area (Å²) in [5, 5.41) is 11.4. The fraction of sp³-hybridized carbons (Fsp3) is 0.417. The lowest BCUT2D eigenvalue weighted by atomic mass is 9.83. The van der Waals surface area contributed by atoms with E-state index >= 15 is 0 Å². The van der Waals surface area contributed by atoms with E-state index < -0.39 is 5.97 Å². The minimum absolute atomic E-state index is 0.0928. The van der Waals surface area contributed by atoms with Crippen molar-refractivity contribution in [3.63, 3.8) is 0 Å². The van der Waals surface area contributed by atoms with Crippen molar-refractivity contribution in [2.75, 3.05) is 5.32 Å². The summed E-state index contributed by atoms with van der Waals surface area (Å²) in [5.74, 6) is -0.335. The van der Waals surface area contributed by atoms with Gasteiger partial charge in [-0.15, -0.1) is 0 Å². The molecule has 90 valence electrons. The summed E-state index contributed by atoms with van der Waals surface area (Å²) in [5.41, 5.74) is 0.124. The molecule has 1 aromatic rings. The van der Waals surface area contributed by atoms with Gasteiger partial charge in [-0.25, -0.2) is 9.78 Å². The lowest BCUT2D eigenvalue weighted by molar-refractivity contribution is -0.117. The van der Waals surface area contributed by atoms with Crippen molar-refractivity contribution in [3.05, 3.63) is 23.9 Å². The number of aromatic carboxylic acids is 1. The maximum Gasteiger partial charge on any atom is 0.335 e. The molecule has 1 saturated carbocycles. The molecule has 0 atom stereocenters. The normalized spacial score (nSPS) is 15.1. The number of carboxylic acid groups (broad SMARTS) is 1. The molecule has 1 aliphatic rings. The van der Waals surface area contributed by atoms with Crippen LogP contribution in [0.2, 0.25) is 0 Å². The van der Waals surface area contributed by atoms with Gasteiger partial charge in [-0.3, -0.25) is 4.79 Å². The molecular weight excluding hydrogens is 220 g/mol. The second-order valence-electron chi connectivity index (χ2n) is 4.28. The standard InChI is InChI=1S/C12H14N2O3/c15-11(6-8-2-1-3-8)14-10-7-9(12(16)17)4-5-13-10/h4-5,7-8H,1-3,6H2,(H,16,17)(H,13,14,15). The van der Waals surface area contributed by atoms with Crippen LogP contribution in [0.1, 0.15) is 36.0 Å². The molecule has 0 aromatic carbocycles. The van der Waals surface area contributed by atoms with Gasteiger partial charge < -0.3 is 10.4 Å². The molecule has 0 bridgehead atoms. The summed E-state index contributed by atoms with van der Waals surface area (Å²) in [6.07, 6.45) is 5.29. The molecule has 1 heterocycles. The zero-order valence-electron chi connectivity index (χ0n) is 9.35. The number of hydrogen-bond acceptors (Lipinski definition) is 3. The van der Waals surface area contributed by atoms with Crippen LogP contribution < -0.4 is 5.32 Å². The SMILES string of the molecule is O=C(CC1CCC1)Nc1cc(C(=O)O)ccn1. The van der Waals surface area contributed by atoms with Crippen LogP contribution in [0.5, 0.6) is 0 Å². The fourth-order valence-corrected chi connectivity index (χ4v) is 1.78. The molecular formula is C12H14N2O3. The van der Waals surface area contributed by atoms with Crippen LogP contribution in [-0.4, -0.2) is 22.0 Å². The van der Waals surface area contributed by atoms with Gasteiger partial charge in [-0.2, -0.15) is 0 Å². The Balaban J connectivity index is 1.95. The van der Waals surface area contributed by atoms with E-state index in [0.717, 1.165) is 12.8 Å². The van der Waals surface area contributed by atoms with Crippen molar-refractivity contribution in [2.24, 2.45) is 5.92 Å². The highest BCUT2D eigenvalue weighted by Crippen LogP contribution is 2.29. The van der Waals surface area contributed by atoms with Crippen LogP contribution in [0, 0.1) is 5.92 Å². The first-order chi connectivity index (χ1) is 8.15. The number of nitrogens with zero attached hydrogens (tertiary/aromatic N) is 1. The third-order valence-corrected chi connectivity index (χ3v) is 2.97. The Labute approximate surface area is 98.9 Å². The Bertz CT molecular complexity index is 441. The van der Waals surface area contributed by atoms with Gasteiger partial charge in [0, 0.05) is 12.6 Å². The summed E-state index contributed by atoms with van der Waals surface area (Å²) in [7, 11) is 0. The van der Waals surface area contributed by atoms with E-state index in [-0.39, 0.29) is 11.5 Å². The lowest BCUT2D eigenvalue weighted by Gasteiger charge is -2.24. The van der Waals surface area contributed by atoms with Crippen molar-refractivity contribution in [1.82, 2.24) is 4.98 Å². The second-order valence-corrected chi connectivity index (χ2v) is 4.28. The smallest absolute Gasteiger partial charge is 0.335 e. The zero-order valence-corrected chi connectivity index (χ0v) is 9.35. The molecule has 2 rings (SSSR count). The minimum Gasteiger partial charge on any atom is -0.478 e. The number of carboxylic acids is 1. The van der Waals surface area contributed by atoms with Gasteiger partial charge in [-0.05, 0) is 30.9 Å². The van der Waals surface area contributed by atoms with Crippen molar-refractivity contribution in [1.29, 1.82) is 0 Å². The fourth-order valence-electron chi connectivity index (χ4n) is 1.78. The van der Waals surface area contributed by atoms with Crippen molar-refractivity contribution < 1.29 is 14.7 Å². The largest absolute Gasteiger partial charge is 0.478 e. The van der Waals surface area contributed by atoms with Gasteiger partial charge in [0.25, 0.3) is 0 Å². The Morgan fingerprint density at radius 1 is 1.47 bits per heavy atom. The highest BCUT2D eigenvalue weighted by molar-refractivity contribution is 5.92. The molecule has 0 radical (unpaired) electrons. The topological polar surface area (TPSA) is 79.3 Å². The zero-order chi connectivity index (χ0) is 12.3. The van der Waals surface area contributed by atoms with Gasteiger partial charge in [0.05, 0.1) is 5.56 Å². The number of nitrogens with one attached hydrogen (secondary N) is 1. The van der Waals surface area contributed by atoms with Gasteiger partial charge in [-0.1, -0.05) is 6.42 Å². The molecule has 1 aromatic heterocycles. The van der Waals surface area contributed by atoms with Crippen molar-refractivity contribution in [3.8, 4) is 0 Å². The molecule has 2 N–H and O–H groups in total. The number of pyridine rings is 1. The highest BCUT2D eigenvalue weighted by atomic mass is 16.4. The van der Waals surface area contributed by atoms with Gasteiger partial charge >= 0.3 is 5.97 Å². The number of anilines is 1. The average molecular weight is 234 g/mol. The monoisotopic (exact) mass is 234 g/mol. The first kappa shape index (κ1) is 11.6. The molecule has 5 heteroatoms. The van der Waals surface area contributed by atoms with Gasteiger partial charge in [0.1, 0.15) is 5.82 Å². The minimum atomic E-state index is -1.03. The average Bonchev–Trinajstić information content (AvgIpc) is 2.24. The van der Waals surface area contributed by atoms with Crippen LogP contribution in [0.3, 0.4) is 0 Å². The maximum atomic E-state index is 11.6. The summed E-state index contributed by atoms with van der Waals surface area (Å²) in [4.78, 5) is 26.2. The Hall–Kier alpha value is -1.91. The first-order valence-corrected chi connectivity index (χ1v) is 5.64. The molecule has 0 aliphatic heterocycles. The van der Waals surface area contributed by atoms with Crippen LogP contribution >= 0.6 is 0 Å². The number of amides is 1. The number of carbonyl (C=O) groups excluding carboxylic acids is 1. The molecule has 17 heavy (non-hydrogen) atoms. The molecule has 0 unspecified atom stereocenters. The molecule has 1 aliphatic carbocycles. The Morgan fingerprint density at radius 3 is 2.82 bits per heavy atom. The number of hydrogen-bond donors (Lipinski definition) is 2. The van der Waals surface area contributed by atoms with E-state index in [4.69, 9.17) is 5.11 Å². The molecule has 1 amide bonds. The van der Waals surface area contributed by atoms with Crippen molar-refractivity contribution in [2.45, 2.75) is 25.7 Å². The molecule has 0 saturated heterocycles. The number of carbonyl (C=O) groups is 2. The highest BCUT2D eigenvalue weighted by Gasteiger charge is 2.20. The maximum absolute atomic E-state index is 11.6. The van der Waals surface area contributed by atoms with Crippen LogP contribution in [0.15, 0.2) is 18.3 Å². The Kier molecular flexibility index (Phi) is 3.37. The summed E-state index contributed by atoms with van der Waals surface area (Å²) in [6, 6.07) is 2.75. The molecule has 5 nitrogen and oxygen atoms in total. The molecule has 1 fully saturated rings. The Morgan fingerprint density at radius 2 is 2.24 bits per heavy atom. The predicted octanol–water partition coefficient (Wildman–Crippen LogP) is 1.91. The van der Waals surface area contributed by atoms with E-state index in [0.29, 0.717) is 18.2 Å². The van der Waals surface area contributed by atoms with Crippen LogP contribution in [0.25, 0.3) is 0 Å². The summed E-state index contributed by atoms with van der Waals surface area (Å²) >= 11 is 0. The van der Waals surface area contributed by atoms with Crippen molar-refractivity contribution >= 4 is 17.7 Å². The number of aromatic nitrogens is 1.